The molecule has 84 valence electrons. The van der Waals surface area contributed by atoms with E-state index in [0.29, 0.717) is 37.8 Å². The highest BCUT2D eigenvalue weighted by molar-refractivity contribution is 5.49. The van der Waals surface area contributed by atoms with E-state index in [1.54, 1.807) is 6.20 Å². The number of hydrogen-bond acceptors (Lipinski definition) is 6. The maximum Gasteiger partial charge on any atom is 0.183 e. The molecule has 0 amide bonds. The molecule has 6 nitrogen and oxygen atoms in total. The lowest BCUT2D eigenvalue weighted by Gasteiger charge is -2.33. The molecule has 1 aromatic heterocycles. The van der Waals surface area contributed by atoms with Crippen LogP contribution in [0.1, 0.15) is 5.69 Å². The van der Waals surface area contributed by atoms with Gasteiger partial charge in [-0.2, -0.15) is 5.26 Å². The molecule has 2 heterocycles. The number of hydrogen-bond donors (Lipinski definition) is 1. The molecule has 1 aliphatic rings. The Balaban J connectivity index is 2.20. The fourth-order valence-corrected chi connectivity index (χ4v) is 1.70. The highest BCUT2D eigenvalue weighted by Gasteiger charge is 2.22. The van der Waals surface area contributed by atoms with Gasteiger partial charge in [0.15, 0.2) is 11.5 Å². The Hall–Kier alpha value is -1.71. The molecule has 0 bridgehead atoms. The minimum Gasteiger partial charge on any atom is -0.373 e. The van der Waals surface area contributed by atoms with Crippen molar-refractivity contribution in [1.29, 1.82) is 5.26 Å². The van der Waals surface area contributed by atoms with Gasteiger partial charge in [0.05, 0.1) is 12.7 Å². The van der Waals surface area contributed by atoms with Gasteiger partial charge in [-0.25, -0.2) is 9.97 Å². The Kier molecular flexibility index (Phi) is 3.29. The first kappa shape index (κ1) is 10.8. The maximum absolute atomic E-state index is 8.94. The molecule has 2 N–H and O–H groups in total. The van der Waals surface area contributed by atoms with E-state index in [2.05, 4.69) is 9.97 Å². The van der Waals surface area contributed by atoms with E-state index >= 15 is 0 Å². The van der Waals surface area contributed by atoms with Crippen molar-refractivity contribution in [2.75, 3.05) is 31.1 Å². The number of morpholine rings is 1. The van der Waals surface area contributed by atoms with Crippen molar-refractivity contribution in [3.8, 4) is 6.07 Å². The van der Waals surface area contributed by atoms with Gasteiger partial charge in [0.25, 0.3) is 0 Å². The van der Waals surface area contributed by atoms with Crippen LogP contribution in [0.15, 0.2) is 12.4 Å². The number of anilines is 1. The molecule has 0 aliphatic carbocycles. The second-order valence-corrected chi connectivity index (χ2v) is 3.51. The molecule has 1 atom stereocenters. The monoisotopic (exact) mass is 219 g/mol. The largest absolute Gasteiger partial charge is 0.373 e. The Bertz CT molecular complexity index is 402. The molecule has 1 saturated heterocycles. The molecule has 1 unspecified atom stereocenters. The van der Waals surface area contributed by atoms with E-state index < -0.39 is 0 Å². The van der Waals surface area contributed by atoms with Gasteiger partial charge in [-0.3, -0.25) is 0 Å². The van der Waals surface area contributed by atoms with Gasteiger partial charge in [-0.15, -0.1) is 0 Å². The Morgan fingerprint density at radius 1 is 1.56 bits per heavy atom. The quantitative estimate of drug-likeness (QED) is 0.722. The molecule has 6 heteroatoms. The Morgan fingerprint density at radius 2 is 2.38 bits per heavy atom. The average molecular weight is 219 g/mol. The molecule has 16 heavy (non-hydrogen) atoms. The van der Waals surface area contributed by atoms with Crippen molar-refractivity contribution < 1.29 is 4.74 Å². The van der Waals surface area contributed by atoms with Crippen molar-refractivity contribution in [2.24, 2.45) is 5.73 Å². The van der Waals surface area contributed by atoms with Crippen LogP contribution in [0.3, 0.4) is 0 Å². The van der Waals surface area contributed by atoms with Gasteiger partial charge in [0.2, 0.25) is 0 Å². The van der Waals surface area contributed by atoms with Gasteiger partial charge < -0.3 is 15.4 Å². The predicted molar refractivity (Wildman–Crippen MR) is 57.8 cm³/mol. The standard InChI is InChI=1S/C10H13N5O/c11-5-8-7-15(3-4-16-8)10-9(6-12)13-1-2-14-10/h1-2,8H,3-5,7,11H2. The van der Waals surface area contributed by atoms with Crippen LogP contribution in [0, 0.1) is 11.3 Å². The Labute approximate surface area is 93.7 Å². The first-order valence-corrected chi connectivity index (χ1v) is 5.13. The van der Waals surface area contributed by atoms with Crippen LogP contribution >= 0.6 is 0 Å². The zero-order chi connectivity index (χ0) is 11.4. The first-order valence-electron chi connectivity index (χ1n) is 5.13. The van der Waals surface area contributed by atoms with Gasteiger partial charge in [0.1, 0.15) is 6.07 Å². The summed E-state index contributed by atoms with van der Waals surface area (Å²) in [6.45, 7) is 2.44. The summed E-state index contributed by atoms with van der Waals surface area (Å²) in [4.78, 5) is 10.2. The maximum atomic E-state index is 8.94. The molecule has 1 fully saturated rings. The summed E-state index contributed by atoms with van der Waals surface area (Å²) in [6.07, 6.45) is 3.11. The minimum absolute atomic E-state index is 0.00213. The van der Waals surface area contributed by atoms with E-state index in [4.69, 9.17) is 15.7 Å². The highest BCUT2D eigenvalue weighted by atomic mass is 16.5. The summed E-state index contributed by atoms with van der Waals surface area (Å²) in [6, 6.07) is 2.04. The van der Waals surface area contributed by atoms with E-state index in [1.807, 2.05) is 11.0 Å². The van der Waals surface area contributed by atoms with Crippen molar-refractivity contribution in [2.45, 2.75) is 6.10 Å². The molecule has 0 radical (unpaired) electrons. The third-order valence-corrected chi connectivity index (χ3v) is 2.49. The van der Waals surface area contributed by atoms with Crippen LogP contribution in [-0.2, 0) is 4.74 Å². The lowest BCUT2D eigenvalue weighted by molar-refractivity contribution is 0.0462. The number of nitriles is 1. The van der Waals surface area contributed by atoms with Gasteiger partial charge in [-0.05, 0) is 0 Å². The third kappa shape index (κ3) is 2.10. The fourth-order valence-electron chi connectivity index (χ4n) is 1.70. The molecule has 0 saturated carbocycles. The van der Waals surface area contributed by atoms with Crippen molar-refractivity contribution in [3.05, 3.63) is 18.1 Å². The lowest BCUT2D eigenvalue weighted by atomic mass is 10.2. The van der Waals surface area contributed by atoms with Gasteiger partial charge in [0, 0.05) is 32.0 Å². The lowest BCUT2D eigenvalue weighted by Crippen LogP contribution is -2.46. The first-order chi connectivity index (χ1) is 7.85. The zero-order valence-corrected chi connectivity index (χ0v) is 8.83. The third-order valence-electron chi connectivity index (χ3n) is 2.49. The summed E-state index contributed by atoms with van der Waals surface area (Å²) in [5.41, 5.74) is 5.91. The average Bonchev–Trinajstić information content (AvgIpc) is 2.38. The fraction of sp³-hybridized carbons (Fsp3) is 0.500. The molecule has 1 aliphatic heterocycles. The van der Waals surface area contributed by atoms with Crippen molar-refractivity contribution >= 4 is 5.82 Å². The second-order valence-electron chi connectivity index (χ2n) is 3.51. The molecule has 0 spiro atoms. The highest BCUT2D eigenvalue weighted by Crippen LogP contribution is 2.17. The molecular formula is C10H13N5O. The smallest absolute Gasteiger partial charge is 0.183 e. The zero-order valence-electron chi connectivity index (χ0n) is 8.83. The topological polar surface area (TPSA) is 88.1 Å². The summed E-state index contributed by atoms with van der Waals surface area (Å²) in [5.74, 6) is 0.617. The van der Waals surface area contributed by atoms with Gasteiger partial charge in [-0.1, -0.05) is 0 Å². The van der Waals surface area contributed by atoms with Crippen LogP contribution in [0.5, 0.6) is 0 Å². The van der Waals surface area contributed by atoms with Gasteiger partial charge >= 0.3 is 0 Å². The number of aromatic nitrogens is 2. The number of rotatable bonds is 2. The molecule has 0 aromatic carbocycles. The van der Waals surface area contributed by atoms with Crippen LogP contribution in [-0.4, -0.2) is 42.3 Å². The summed E-state index contributed by atoms with van der Waals surface area (Å²) in [5, 5.41) is 8.94. The Morgan fingerprint density at radius 3 is 3.12 bits per heavy atom. The van der Waals surface area contributed by atoms with E-state index in [9.17, 15) is 0 Å². The van der Waals surface area contributed by atoms with E-state index in [0.717, 1.165) is 0 Å². The van der Waals surface area contributed by atoms with Crippen LogP contribution in [0.25, 0.3) is 0 Å². The normalized spacial score (nSPS) is 20.5. The van der Waals surface area contributed by atoms with E-state index in [-0.39, 0.29) is 6.10 Å². The number of nitrogens with zero attached hydrogens (tertiary/aromatic N) is 4. The second kappa shape index (κ2) is 4.88. The molecular weight excluding hydrogens is 206 g/mol. The van der Waals surface area contributed by atoms with Crippen molar-refractivity contribution in [1.82, 2.24) is 9.97 Å². The summed E-state index contributed by atoms with van der Waals surface area (Å²) >= 11 is 0. The number of nitrogens with two attached hydrogens (primary N) is 1. The SMILES string of the molecule is N#Cc1nccnc1N1CCOC(CN)C1. The minimum atomic E-state index is 0.00213. The number of ether oxygens (including phenoxy) is 1. The summed E-state index contributed by atoms with van der Waals surface area (Å²) in [7, 11) is 0. The van der Waals surface area contributed by atoms with Crippen LogP contribution in [0.2, 0.25) is 0 Å². The molecule has 1 aromatic rings. The van der Waals surface area contributed by atoms with E-state index in [1.165, 1.54) is 6.20 Å². The van der Waals surface area contributed by atoms with Crippen LogP contribution in [0.4, 0.5) is 5.82 Å². The summed E-state index contributed by atoms with van der Waals surface area (Å²) < 4.78 is 5.45. The van der Waals surface area contributed by atoms with Crippen molar-refractivity contribution in [3.63, 3.8) is 0 Å². The predicted octanol–water partition coefficient (Wildman–Crippen LogP) is -0.488. The van der Waals surface area contributed by atoms with Crippen LogP contribution < -0.4 is 10.6 Å². The molecule has 2 rings (SSSR count).